The average Bonchev–Trinajstić information content (AvgIpc) is 3.69. The zero-order chi connectivity index (χ0) is 28.7. The third kappa shape index (κ3) is 7.07. The van der Waals surface area contributed by atoms with Crippen molar-refractivity contribution in [2.75, 3.05) is 14.1 Å². The van der Waals surface area contributed by atoms with Crippen molar-refractivity contribution in [1.82, 2.24) is 0 Å². The van der Waals surface area contributed by atoms with Gasteiger partial charge < -0.3 is 10.6 Å². The summed E-state index contributed by atoms with van der Waals surface area (Å²) >= 11 is 0. The molecule has 5 aromatic rings. The molecule has 0 bridgehead atoms. The van der Waals surface area contributed by atoms with Gasteiger partial charge in [0, 0.05) is 11.8 Å². The Bertz CT molecular complexity index is 1510. The number of para-hydroxylation sites is 2. The molecule has 6 radical (unpaired) electrons. The standard InChI is InChI=1S/C25H20.2C7H8N.Zr/c1-25(2,22-15-13-17-7-3-5-9-20(17)22)23-16-14-19-12-11-18-8-4-6-10-21(18)24(19)23;2*1-8-7-5-3-2-4-6-7;/h3-16H,1-2H3;2*2-6H,1H3;/q;2*-1;+4. The Morgan fingerprint density at radius 1 is 0.476 bits per heavy atom. The molecule has 3 heteroatoms. The van der Waals surface area contributed by atoms with Gasteiger partial charge >= 0.3 is 26.2 Å². The predicted molar refractivity (Wildman–Crippen MR) is 175 cm³/mol. The summed E-state index contributed by atoms with van der Waals surface area (Å²) in [5.41, 5.74) is 7.44. The first-order chi connectivity index (χ1) is 20.0. The Balaban J connectivity index is 0.000000196. The van der Waals surface area contributed by atoms with E-state index in [2.05, 4.69) is 111 Å². The van der Waals surface area contributed by atoms with E-state index in [9.17, 15) is 0 Å². The van der Waals surface area contributed by atoms with E-state index in [0.29, 0.717) is 0 Å². The zero-order valence-corrected chi connectivity index (χ0v) is 27.2. The molecule has 0 atom stereocenters. The van der Waals surface area contributed by atoms with Crippen LogP contribution in [0.4, 0.5) is 11.4 Å². The summed E-state index contributed by atoms with van der Waals surface area (Å²) in [5, 5.41) is 10.6. The minimum absolute atomic E-state index is 0. The number of hydrogen-bond donors (Lipinski definition) is 0. The molecule has 2 aliphatic carbocycles. The predicted octanol–water partition coefficient (Wildman–Crippen LogP) is 10.6. The summed E-state index contributed by atoms with van der Waals surface area (Å²) in [4.78, 5) is 0. The first-order valence-electron chi connectivity index (χ1n) is 14.0. The molecule has 5 aromatic carbocycles. The van der Waals surface area contributed by atoms with E-state index < -0.39 is 0 Å². The van der Waals surface area contributed by atoms with Crippen molar-refractivity contribution in [3.05, 3.63) is 192 Å². The number of hydrogen-bond acceptors (Lipinski definition) is 0. The van der Waals surface area contributed by atoms with Gasteiger partial charge in [-0.2, -0.15) is 0 Å². The van der Waals surface area contributed by atoms with Gasteiger partial charge in [-0.15, -0.1) is 25.5 Å². The van der Waals surface area contributed by atoms with Gasteiger partial charge in [0.2, 0.25) is 0 Å². The number of fused-ring (bicyclic) bond motifs is 4. The fraction of sp³-hybridized carbons (Fsp3) is 0.128. The van der Waals surface area contributed by atoms with E-state index in [4.69, 9.17) is 0 Å². The van der Waals surface area contributed by atoms with E-state index in [1.165, 1.54) is 44.9 Å². The maximum absolute atomic E-state index is 3.97. The molecule has 0 amide bonds. The third-order valence-corrected chi connectivity index (χ3v) is 7.72. The van der Waals surface area contributed by atoms with Crippen LogP contribution in [-0.4, -0.2) is 14.1 Å². The van der Waals surface area contributed by atoms with Crippen molar-refractivity contribution >= 4 is 22.1 Å². The largest absolute Gasteiger partial charge is 4.00 e. The van der Waals surface area contributed by atoms with Crippen LogP contribution in [0.15, 0.2) is 121 Å². The van der Waals surface area contributed by atoms with Crippen LogP contribution in [0.25, 0.3) is 21.4 Å². The molecule has 0 saturated carbocycles. The SMILES string of the molecule is CC(C)([C]1[CH][CH]c2ccccc21)[C]1[CH][CH]c2ccc3ccccc3c21.C[N-]c1ccccc1.C[N-]c1ccccc1.[Zr+4]. The van der Waals surface area contributed by atoms with Crippen molar-refractivity contribution in [1.29, 1.82) is 0 Å². The van der Waals surface area contributed by atoms with Gasteiger partial charge in [-0.3, -0.25) is 0 Å². The normalized spacial score (nSPS) is 13.9. The molecule has 0 fully saturated rings. The van der Waals surface area contributed by atoms with Crippen LogP contribution in [0, 0.1) is 42.9 Å². The summed E-state index contributed by atoms with van der Waals surface area (Å²) in [6.45, 7) is 4.70. The second-order valence-corrected chi connectivity index (χ2v) is 10.6. The Morgan fingerprint density at radius 3 is 1.62 bits per heavy atom. The van der Waals surface area contributed by atoms with Crippen LogP contribution < -0.4 is 0 Å². The molecule has 7 rings (SSSR count). The van der Waals surface area contributed by atoms with Crippen LogP contribution in [0.3, 0.4) is 0 Å². The van der Waals surface area contributed by atoms with Gasteiger partial charge in [0.05, 0.1) is 0 Å². The fourth-order valence-corrected chi connectivity index (χ4v) is 5.50. The van der Waals surface area contributed by atoms with Gasteiger partial charge in [0.15, 0.2) is 0 Å². The van der Waals surface area contributed by atoms with Crippen LogP contribution in [0.5, 0.6) is 0 Å². The van der Waals surface area contributed by atoms with Crippen molar-refractivity contribution < 1.29 is 26.2 Å². The Morgan fingerprint density at radius 2 is 1.00 bits per heavy atom. The van der Waals surface area contributed by atoms with Crippen LogP contribution >= 0.6 is 0 Å². The van der Waals surface area contributed by atoms with E-state index in [1.807, 2.05) is 60.7 Å². The topological polar surface area (TPSA) is 28.2 Å². The Labute approximate surface area is 272 Å². The molecule has 0 heterocycles. The molecular weight excluding hydrogens is 588 g/mol. The first kappa shape index (κ1) is 31.8. The quantitative estimate of drug-likeness (QED) is 0.191. The van der Waals surface area contributed by atoms with Gasteiger partial charge in [-0.05, 0) is 64.1 Å². The first-order valence-corrected chi connectivity index (χ1v) is 14.0. The van der Waals surface area contributed by atoms with Gasteiger partial charge in [-0.25, -0.2) is 0 Å². The maximum Gasteiger partial charge on any atom is 4.00 e. The Hall–Kier alpha value is -3.16. The van der Waals surface area contributed by atoms with Crippen molar-refractivity contribution in [2.24, 2.45) is 5.41 Å². The molecule has 0 spiro atoms. The fourth-order valence-electron chi connectivity index (χ4n) is 5.50. The third-order valence-electron chi connectivity index (χ3n) is 7.72. The molecule has 2 aliphatic rings. The minimum Gasteiger partial charge on any atom is -0.687 e. The minimum atomic E-state index is -0.0466. The van der Waals surface area contributed by atoms with Crippen molar-refractivity contribution in [3.8, 4) is 0 Å². The van der Waals surface area contributed by atoms with Gasteiger partial charge in [0.1, 0.15) is 0 Å². The Kier molecular flexibility index (Phi) is 11.2. The molecular formula is C39H36N2Zr+2. The van der Waals surface area contributed by atoms with Crippen LogP contribution in [0.1, 0.15) is 36.1 Å². The number of rotatable bonds is 4. The van der Waals surface area contributed by atoms with Gasteiger partial charge in [0.25, 0.3) is 0 Å². The number of benzene rings is 5. The number of nitrogens with zero attached hydrogens (tertiary/aromatic N) is 2. The van der Waals surface area contributed by atoms with Gasteiger partial charge in [-0.1, -0.05) is 135 Å². The summed E-state index contributed by atoms with van der Waals surface area (Å²) in [6, 6.07) is 41.6. The van der Waals surface area contributed by atoms with E-state index in [0.717, 1.165) is 11.4 Å². The molecule has 0 aromatic heterocycles. The molecule has 0 N–H and O–H groups in total. The maximum atomic E-state index is 3.97. The molecule has 0 saturated heterocycles. The summed E-state index contributed by atoms with van der Waals surface area (Å²) in [5.74, 6) is 2.82. The summed E-state index contributed by atoms with van der Waals surface area (Å²) < 4.78 is 0. The van der Waals surface area contributed by atoms with Crippen LogP contribution in [-0.2, 0) is 26.2 Å². The average molecular weight is 624 g/mol. The molecule has 0 unspecified atom stereocenters. The molecule has 204 valence electrons. The molecule has 2 nitrogen and oxygen atoms in total. The second kappa shape index (κ2) is 14.8. The summed E-state index contributed by atoms with van der Waals surface area (Å²) in [6.07, 6.45) is 9.13. The second-order valence-electron chi connectivity index (χ2n) is 10.6. The zero-order valence-electron chi connectivity index (χ0n) is 24.8. The van der Waals surface area contributed by atoms with E-state index in [1.54, 1.807) is 14.1 Å². The smallest absolute Gasteiger partial charge is 0.687 e. The summed E-state index contributed by atoms with van der Waals surface area (Å²) in [7, 11) is 3.57. The van der Waals surface area contributed by atoms with Crippen molar-refractivity contribution in [3.63, 3.8) is 0 Å². The van der Waals surface area contributed by atoms with E-state index >= 15 is 0 Å². The monoisotopic (exact) mass is 622 g/mol. The van der Waals surface area contributed by atoms with Crippen LogP contribution in [0.2, 0.25) is 0 Å². The molecule has 42 heavy (non-hydrogen) atoms. The molecule has 0 aliphatic heterocycles. The van der Waals surface area contributed by atoms with E-state index in [-0.39, 0.29) is 31.6 Å². The van der Waals surface area contributed by atoms with Crippen molar-refractivity contribution in [2.45, 2.75) is 13.8 Å².